The molecule has 7 nitrogen and oxygen atoms in total. The molecule has 2 N–H and O–H groups in total. The lowest BCUT2D eigenvalue weighted by Gasteiger charge is -2.05. The Balaban J connectivity index is 2.28. The minimum absolute atomic E-state index is 0.0223. The van der Waals surface area contributed by atoms with Crippen molar-refractivity contribution in [3.8, 4) is 0 Å². The van der Waals surface area contributed by atoms with Crippen molar-refractivity contribution < 1.29 is 9.72 Å². The summed E-state index contributed by atoms with van der Waals surface area (Å²) in [5.74, 6) is 0.0446. The topological polar surface area (TPSA) is 101 Å². The molecule has 1 heterocycles. The van der Waals surface area contributed by atoms with Crippen LogP contribution in [0, 0.1) is 17.0 Å². The van der Waals surface area contributed by atoms with Crippen LogP contribution in [0.15, 0.2) is 24.3 Å². The quantitative estimate of drug-likeness (QED) is 0.667. The maximum atomic E-state index is 12.2. The van der Waals surface area contributed by atoms with Gasteiger partial charge in [0.25, 0.3) is 11.6 Å². The molecule has 0 atom stereocenters. The van der Waals surface area contributed by atoms with E-state index in [1.54, 1.807) is 25.1 Å². The van der Waals surface area contributed by atoms with Crippen molar-refractivity contribution in [2.45, 2.75) is 26.7 Å². The predicted octanol–water partition coefficient (Wildman–Crippen LogP) is 3.00. The van der Waals surface area contributed by atoms with Gasteiger partial charge in [0.05, 0.1) is 4.92 Å². The number of rotatable bonds is 4. The average molecular weight is 288 g/mol. The van der Waals surface area contributed by atoms with Gasteiger partial charge in [0.2, 0.25) is 0 Å². The highest BCUT2D eigenvalue weighted by Gasteiger charge is 2.22. The third-order valence-electron chi connectivity index (χ3n) is 3.13. The maximum absolute atomic E-state index is 12.2. The van der Waals surface area contributed by atoms with Gasteiger partial charge in [0.1, 0.15) is 5.56 Å². The van der Waals surface area contributed by atoms with Crippen LogP contribution in [0.4, 0.5) is 11.5 Å². The van der Waals surface area contributed by atoms with Crippen molar-refractivity contribution in [1.82, 2.24) is 10.2 Å². The number of amides is 1. The third kappa shape index (κ3) is 3.07. The molecule has 0 spiro atoms. The fourth-order valence-electron chi connectivity index (χ4n) is 1.96. The van der Waals surface area contributed by atoms with Crippen molar-refractivity contribution in [2.75, 3.05) is 5.32 Å². The number of benzene rings is 1. The summed E-state index contributed by atoms with van der Waals surface area (Å²) in [4.78, 5) is 22.8. The van der Waals surface area contributed by atoms with Crippen LogP contribution in [0.3, 0.4) is 0 Å². The van der Waals surface area contributed by atoms with Crippen LogP contribution in [-0.4, -0.2) is 21.0 Å². The van der Waals surface area contributed by atoms with Crippen molar-refractivity contribution >= 4 is 17.4 Å². The number of aromatic amines is 1. The second kappa shape index (κ2) is 5.74. The van der Waals surface area contributed by atoms with Crippen molar-refractivity contribution in [2.24, 2.45) is 0 Å². The molecule has 0 saturated heterocycles. The fourth-order valence-corrected chi connectivity index (χ4v) is 1.96. The second-order valence-corrected chi connectivity index (χ2v) is 5.05. The molecule has 0 aliphatic carbocycles. The van der Waals surface area contributed by atoms with Gasteiger partial charge in [-0.3, -0.25) is 20.0 Å². The fraction of sp³-hybridized carbons (Fsp3) is 0.286. The third-order valence-corrected chi connectivity index (χ3v) is 3.13. The van der Waals surface area contributed by atoms with Crippen LogP contribution >= 0.6 is 0 Å². The van der Waals surface area contributed by atoms with Gasteiger partial charge in [-0.15, -0.1) is 0 Å². The zero-order valence-electron chi connectivity index (χ0n) is 12.0. The first kappa shape index (κ1) is 14.7. The Bertz CT molecular complexity index is 691. The molecule has 0 bridgehead atoms. The molecule has 1 amide bonds. The van der Waals surface area contributed by atoms with Gasteiger partial charge in [0, 0.05) is 17.3 Å². The normalized spacial score (nSPS) is 10.7. The molecule has 1 aromatic heterocycles. The minimum Gasteiger partial charge on any atom is -0.305 e. The van der Waals surface area contributed by atoms with E-state index in [4.69, 9.17) is 0 Å². The lowest BCUT2D eigenvalue weighted by atomic mass is 10.1. The van der Waals surface area contributed by atoms with Crippen LogP contribution in [-0.2, 0) is 0 Å². The number of aryl methyl sites for hydroxylation is 1. The van der Waals surface area contributed by atoms with E-state index in [1.807, 2.05) is 13.8 Å². The van der Waals surface area contributed by atoms with Gasteiger partial charge in [-0.2, -0.15) is 5.10 Å². The molecule has 0 saturated carbocycles. The Morgan fingerprint density at radius 3 is 2.71 bits per heavy atom. The number of carbonyl (C=O) groups is 1. The summed E-state index contributed by atoms with van der Waals surface area (Å²) in [7, 11) is 0. The molecular formula is C14H16N4O3. The monoisotopic (exact) mass is 288 g/mol. The number of nitro groups is 1. The summed E-state index contributed by atoms with van der Waals surface area (Å²) in [6.45, 7) is 5.58. The van der Waals surface area contributed by atoms with E-state index in [2.05, 4.69) is 15.5 Å². The number of anilines is 1. The van der Waals surface area contributed by atoms with Crippen LogP contribution in [0.5, 0.6) is 0 Å². The number of hydrogen-bond donors (Lipinski definition) is 2. The van der Waals surface area contributed by atoms with E-state index in [9.17, 15) is 14.9 Å². The molecule has 0 unspecified atom stereocenters. The number of para-hydroxylation sites is 1. The lowest BCUT2D eigenvalue weighted by molar-refractivity contribution is -0.385. The molecule has 1 aromatic carbocycles. The van der Waals surface area contributed by atoms with E-state index in [0.717, 1.165) is 5.69 Å². The van der Waals surface area contributed by atoms with E-state index in [-0.39, 0.29) is 17.2 Å². The zero-order chi connectivity index (χ0) is 15.6. The summed E-state index contributed by atoms with van der Waals surface area (Å²) in [6, 6.07) is 6.35. The van der Waals surface area contributed by atoms with Gasteiger partial charge >= 0.3 is 0 Å². The largest absolute Gasteiger partial charge is 0.305 e. The van der Waals surface area contributed by atoms with Crippen LogP contribution in [0.25, 0.3) is 0 Å². The molecule has 0 radical (unpaired) electrons. The molecular weight excluding hydrogens is 272 g/mol. The first-order valence-corrected chi connectivity index (χ1v) is 6.50. The second-order valence-electron chi connectivity index (χ2n) is 5.05. The van der Waals surface area contributed by atoms with Gasteiger partial charge in [-0.05, 0) is 18.9 Å². The molecule has 0 fully saturated rings. The van der Waals surface area contributed by atoms with Gasteiger partial charge in [-0.25, -0.2) is 0 Å². The lowest BCUT2D eigenvalue weighted by Crippen LogP contribution is -2.14. The Kier molecular flexibility index (Phi) is 4.02. The number of nitrogens with zero attached hydrogens (tertiary/aromatic N) is 2. The average Bonchev–Trinajstić information content (AvgIpc) is 2.86. The highest BCUT2D eigenvalue weighted by atomic mass is 16.6. The number of nitro benzene ring substituents is 1. The first-order chi connectivity index (χ1) is 9.90. The van der Waals surface area contributed by atoms with E-state index < -0.39 is 10.8 Å². The van der Waals surface area contributed by atoms with Gasteiger partial charge in [0.15, 0.2) is 5.82 Å². The van der Waals surface area contributed by atoms with E-state index in [1.165, 1.54) is 6.07 Å². The van der Waals surface area contributed by atoms with E-state index >= 15 is 0 Å². The summed E-state index contributed by atoms with van der Waals surface area (Å²) >= 11 is 0. The van der Waals surface area contributed by atoms with Gasteiger partial charge in [-0.1, -0.05) is 26.0 Å². The van der Waals surface area contributed by atoms with Crippen LogP contribution < -0.4 is 5.32 Å². The number of H-pyrrole nitrogens is 1. The molecule has 0 aliphatic heterocycles. The molecule has 21 heavy (non-hydrogen) atoms. The summed E-state index contributed by atoms with van der Waals surface area (Å²) in [6.07, 6.45) is 0. The summed E-state index contributed by atoms with van der Waals surface area (Å²) < 4.78 is 0. The Morgan fingerprint density at radius 2 is 2.14 bits per heavy atom. The van der Waals surface area contributed by atoms with Crippen molar-refractivity contribution in [3.63, 3.8) is 0 Å². The highest BCUT2D eigenvalue weighted by Crippen LogP contribution is 2.24. The van der Waals surface area contributed by atoms with Crippen LogP contribution in [0.1, 0.15) is 41.4 Å². The summed E-state index contributed by atoms with van der Waals surface area (Å²) in [5, 5.41) is 20.5. The SMILES string of the molecule is Cc1cccc(C(=O)Nc2cc(C(C)C)[nH]n2)c1[N+](=O)[O-]. The smallest absolute Gasteiger partial charge is 0.285 e. The summed E-state index contributed by atoms with van der Waals surface area (Å²) in [5.41, 5.74) is 1.16. The molecule has 0 aliphatic rings. The predicted molar refractivity (Wildman–Crippen MR) is 78.5 cm³/mol. The standard InChI is InChI=1S/C14H16N4O3/c1-8(2)11-7-12(17-16-11)15-14(19)10-6-4-5-9(3)13(10)18(20)21/h4-8H,1-3H3,(H2,15,16,17,19). The number of carbonyl (C=O) groups excluding carboxylic acids is 1. The Labute approximate surface area is 121 Å². The number of aromatic nitrogens is 2. The Hall–Kier alpha value is -2.70. The molecule has 2 aromatic rings. The van der Waals surface area contributed by atoms with E-state index in [0.29, 0.717) is 11.4 Å². The van der Waals surface area contributed by atoms with Crippen LogP contribution in [0.2, 0.25) is 0 Å². The minimum atomic E-state index is -0.549. The number of hydrogen-bond acceptors (Lipinski definition) is 4. The van der Waals surface area contributed by atoms with Gasteiger partial charge < -0.3 is 5.32 Å². The zero-order valence-corrected chi connectivity index (χ0v) is 12.0. The number of nitrogens with one attached hydrogen (secondary N) is 2. The molecule has 7 heteroatoms. The molecule has 110 valence electrons. The van der Waals surface area contributed by atoms with Crippen molar-refractivity contribution in [1.29, 1.82) is 0 Å². The first-order valence-electron chi connectivity index (χ1n) is 6.50. The Morgan fingerprint density at radius 1 is 1.43 bits per heavy atom. The highest BCUT2D eigenvalue weighted by molar-refractivity contribution is 6.06. The maximum Gasteiger partial charge on any atom is 0.285 e. The van der Waals surface area contributed by atoms with Crippen molar-refractivity contribution in [3.05, 3.63) is 51.2 Å². The molecule has 2 rings (SSSR count).